The normalized spacial score (nSPS) is 27.7. The summed E-state index contributed by atoms with van der Waals surface area (Å²) in [6, 6.07) is 0. The van der Waals surface area contributed by atoms with Gasteiger partial charge in [-0.25, -0.2) is 0 Å². The highest BCUT2D eigenvalue weighted by atomic mass is 16.7. The van der Waals surface area contributed by atoms with E-state index in [-0.39, 0.29) is 18.2 Å². The molecule has 1 saturated heterocycles. The Morgan fingerprint density at radius 1 is 1.50 bits per heavy atom. The fourth-order valence-corrected chi connectivity index (χ4v) is 1.84. The van der Waals surface area contributed by atoms with Crippen molar-refractivity contribution in [1.82, 2.24) is 0 Å². The molecular weight excluding hydrogens is 208 g/mol. The number of methoxy groups -OCH3 is 1. The van der Waals surface area contributed by atoms with Crippen molar-refractivity contribution in [3.8, 4) is 0 Å². The molecule has 0 aromatic heterocycles. The molecule has 0 aromatic rings. The van der Waals surface area contributed by atoms with Gasteiger partial charge < -0.3 is 14.2 Å². The molecule has 1 aliphatic rings. The van der Waals surface area contributed by atoms with Crippen LogP contribution in [0, 0.1) is 0 Å². The van der Waals surface area contributed by atoms with Gasteiger partial charge >= 0.3 is 5.97 Å². The maximum atomic E-state index is 10.9. The van der Waals surface area contributed by atoms with Gasteiger partial charge in [0, 0.05) is 6.42 Å². The molecule has 1 rings (SSSR count). The zero-order valence-corrected chi connectivity index (χ0v) is 10.2. The van der Waals surface area contributed by atoms with Crippen LogP contribution < -0.4 is 0 Å². The van der Waals surface area contributed by atoms with E-state index in [0.717, 1.165) is 12.8 Å². The molecule has 0 saturated carbocycles. The molecule has 16 heavy (non-hydrogen) atoms. The second-order valence-electron chi connectivity index (χ2n) is 4.34. The Morgan fingerprint density at radius 3 is 2.75 bits per heavy atom. The molecule has 0 aromatic carbocycles. The highest BCUT2D eigenvalue weighted by Crippen LogP contribution is 2.31. The molecule has 1 heterocycles. The van der Waals surface area contributed by atoms with Crippen LogP contribution in [0.1, 0.15) is 33.1 Å². The molecule has 2 atom stereocenters. The Labute approximate surface area is 96.6 Å². The highest BCUT2D eigenvalue weighted by molar-refractivity contribution is 5.68. The van der Waals surface area contributed by atoms with Crippen molar-refractivity contribution in [3.05, 3.63) is 12.7 Å². The predicted octanol–water partition coefficient (Wildman–Crippen LogP) is 2.04. The molecule has 92 valence electrons. The molecule has 0 spiro atoms. The summed E-state index contributed by atoms with van der Waals surface area (Å²) in [7, 11) is 1.40. The fourth-order valence-electron chi connectivity index (χ4n) is 1.84. The van der Waals surface area contributed by atoms with Crippen molar-refractivity contribution >= 4 is 5.97 Å². The van der Waals surface area contributed by atoms with Crippen molar-refractivity contribution in [1.29, 1.82) is 0 Å². The first-order chi connectivity index (χ1) is 7.48. The van der Waals surface area contributed by atoms with Gasteiger partial charge in [-0.15, -0.1) is 6.58 Å². The van der Waals surface area contributed by atoms with Crippen molar-refractivity contribution in [3.63, 3.8) is 0 Å². The summed E-state index contributed by atoms with van der Waals surface area (Å²) < 4.78 is 15.9. The second kappa shape index (κ2) is 5.46. The molecule has 1 aliphatic heterocycles. The summed E-state index contributed by atoms with van der Waals surface area (Å²) in [5.41, 5.74) is 0. The van der Waals surface area contributed by atoms with E-state index < -0.39 is 5.79 Å². The Hall–Kier alpha value is -0.870. The number of esters is 1. The van der Waals surface area contributed by atoms with E-state index >= 15 is 0 Å². The van der Waals surface area contributed by atoms with Crippen LogP contribution in [-0.2, 0) is 19.0 Å². The topological polar surface area (TPSA) is 44.8 Å². The monoisotopic (exact) mass is 228 g/mol. The number of hydrogen-bond acceptors (Lipinski definition) is 4. The molecule has 0 radical (unpaired) electrons. The minimum atomic E-state index is -0.561. The maximum Gasteiger partial charge on any atom is 0.305 e. The predicted molar refractivity (Wildman–Crippen MR) is 59.9 cm³/mol. The summed E-state index contributed by atoms with van der Waals surface area (Å²) in [6.45, 7) is 7.48. The van der Waals surface area contributed by atoms with E-state index in [1.165, 1.54) is 7.11 Å². The lowest BCUT2D eigenvalue weighted by Gasteiger charge is -2.16. The number of ether oxygens (including phenoxy) is 3. The van der Waals surface area contributed by atoms with Crippen LogP contribution in [0.15, 0.2) is 12.7 Å². The van der Waals surface area contributed by atoms with Crippen molar-refractivity contribution in [2.45, 2.75) is 51.1 Å². The number of carbonyl (C=O) groups is 1. The van der Waals surface area contributed by atoms with Crippen LogP contribution in [-0.4, -0.2) is 31.1 Å². The van der Waals surface area contributed by atoms with Gasteiger partial charge in [0.25, 0.3) is 0 Å². The maximum absolute atomic E-state index is 10.9. The third kappa shape index (κ3) is 3.61. The second-order valence-corrected chi connectivity index (χ2v) is 4.34. The SMILES string of the molecule is C=C[C@H]1OC(C)(C)O[C@H]1CCCC(=O)OC. The van der Waals surface area contributed by atoms with E-state index in [2.05, 4.69) is 11.3 Å². The van der Waals surface area contributed by atoms with Crippen molar-refractivity contribution in [2.75, 3.05) is 7.11 Å². The van der Waals surface area contributed by atoms with E-state index in [0.29, 0.717) is 6.42 Å². The summed E-state index contributed by atoms with van der Waals surface area (Å²) >= 11 is 0. The average Bonchev–Trinajstić information content (AvgIpc) is 2.53. The quantitative estimate of drug-likeness (QED) is 0.533. The van der Waals surface area contributed by atoms with Gasteiger partial charge in [-0.05, 0) is 26.7 Å². The summed E-state index contributed by atoms with van der Waals surface area (Å²) in [5.74, 6) is -0.747. The largest absolute Gasteiger partial charge is 0.469 e. The van der Waals surface area contributed by atoms with Crippen LogP contribution in [0.5, 0.6) is 0 Å². The smallest absolute Gasteiger partial charge is 0.305 e. The molecule has 0 aliphatic carbocycles. The van der Waals surface area contributed by atoms with E-state index in [4.69, 9.17) is 9.47 Å². The zero-order chi connectivity index (χ0) is 12.2. The first kappa shape index (κ1) is 13.2. The van der Waals surface area contributed by atoms with E-state index in [1.54, 1.807) is 6.08 Å². The minimum Gasteiger partial charge on any atom is -0.469 e. The molecule has 4 nitrogen and oxygen atoms in total. The Kier molecular flexibility index (Phi) is 4.50. The molecule has 1 fully saturated rings. The van der Waals surface area contributed by atoms with Crippen LogP contribution in [0.3, 0.4) is 0 Å². The Morgan fingerprint density at radius 2 is 2.19 bits per heavy atom. The average molecular weight is 228 g/mol. The summed E-state index contributed by atoms with van der Waals surface area (Å²) in [6.07, 6.45) is 3.57. The van der Waals surface area contributed by atoms with Gasteiger partial charge in [0.05, 0.1) is 13.2 Å². The molecule has 0 amide bonds. The molecule has 0 bridgehead atoms. The van der Waals surface area contributed by atoms with Crippen LogP contribution in [0.2, 0.25) is 0 Å². The highest BCUT2D eigenvalue weighted by Gasteiger charge is 2.39. The third-order valence-electron chi connectivity index (χ3n) is 2.55. The van der Waals surface area contributed by atoms with E-state index in [9.17, 15) is 4.79 Å². The van der Waals surface area contributed by atoms with Crippen molar-refractivity contribution < 1.29 is 19.0 Å². The van der Waals surface area contributed by atoms with Gasteiger partial charge in [0.1, 0.15) is 6.10 Å². The molecule has 4 heteroatoms. The van der Waals surface area contributed by atoms with Gasteiger partial charge in [0.2, 0.25) is 0 Å². The lowest BCUT2D eigenvalue weighted by molar-refractivity contribution is -0.144. The lowest BCUT2D eigenvalue weighted by atomic mass is 10.1. The van der Waals surface area contributed by atoms with Gasteiger partial charge in [-0.3, -0.25) is 4.79 Å². The lowest BCUT2D eigenvalue weighted by Crippen LogP contribution is -2.21. The number of rotatable bonds is 5. The first-order valence-corrected chi connectivity index (χ1v) is 5.53. The minimum absolute atomic E-state index is 0.0165. The van der Waals surface area contributed by atoms with Gasteiger partial charge in [-0.2, -0.15) is 0 Å². The first-order valence-electron chi connectivity index (χ1n) is 5.53. The number of hydrogen-bond donors (Lipinski definition) is 0. The number of carbonyl (C=O) groups excluding carboxylic acids is 1. The standard InChI is InChI=1S/C12H20O4/c1-5-9-10(16-12(2,3)15-9)7-6-8-11(13)14-4/h5,9-10H,1,6-8H2,2-4H3/t9-,10+/m1/s1. The van der Waals surface area contributed by atoms with Crippen LogP contribution in [0.4, 0.5) is 0 Å². The summed E-state index contributed by atoms with van der Waals surface area (Å²) in [5, 5.41) is 0. The molecular formula is C12H20O4. The Balaban J connectivity index is 2.36. The third-order valence-corrected chi connectivity index (χ3v) is 2.55. The fraction of sp³-hybridized carbons (Fsp3) is 0.750. The van der Waals surface area contributed by atoms with Gasteiger partial charge in [0.15, 0.2) is 5.79 Å². The summed E-state index contributed by atoms with van der Waals surface area (Å²) in [4.78, 5) is 10.9. The van der Waals surface area contributed by atoms with Crippen molar-refractivity contribution in [2.24, 2.45) is 0 Å². The zero-order valence-electron chi connectivity index (χ0n) is 10.2. The Bertz CT molecular complexity index is 260. The van der Waals surface area contributed by atoms with Gasteiger partial charge in [-0.1, -0.05) is 6.08 Å². The molecule has 0 N–H and O–H groups in total. The molecule has 0 unspecified atom stereocenters. The van der Waals surface area contributed by atoms with Crippen LogP contribution in [0.25, 0.3) is 0 Å². The van der Waals surface area contributed by atoms with E-state index in [1.807, 2.05) is 13.8 Å². The van der Waals surface area contributed by atoms with Crippen LogP contribution >= 0.6 is 0 Å².